The number of halogens is 1. The molecule has 3 heterocycles. The lowest BCUT2D eigenvalue weighted by Gasteiger charge is -2.17. The summed E-state index contributed by atoms with van der Waals surface area (Å²) in [5, 5.41) is 12.7. The number of fused-ring (bicyclic) bond motifs is 1. The third-order valence-electron chi connectivity index (χ3n) is 5.64. The Morgan fingerprint density at radius 3 is 2.88 bits per heavy atom. The zero-order valence-electron chi connectivity index (χ0n) is 17.9. The van der Waals surface area contributed by atoms with Crippen LogP contribution in [-0.2, 0) is 24.1 Å². The highest BCUT2D eigenvalue weighted by Gasteiger charge is 2.24. The van der Waals surface area contributed by atoms with Crippen molar-refractivity contribution in [3.8, 4) is 5.75 Å². The molecule has 32 heavy (non-hydrogen) atoms. The molecule has 1 aliphatic heterocycles. The fourth-order valence-electron chi connectivity index (χ4n) is 3.98. The van der Waals surface area contributed by atoms with E-state index in [-0.39, 0.29) is 18.1 Å². The lowest BCUT2D eigenvalue weighted by molar-refractivity contribution is -0.137. The van der Waals surface area contributed by atoms with E-state index in [0.29, 0.717) is 12.0 Å². The molecule has 4 rings (SSSR count). The number of oxazole rings is 1. The van der Waals surface area contributed by atoms with Crippen LogP contribution in [-0.4, -0.2) is 34.7 Å². The lowest BCUT2D eigenvalue weighted by atomic mass is 9.95. The topological polar surface area (TPSA) is 97.5 Å². The molecule has 0 saturated carbocycles. The number of pyridine rings is 1. The van der Waals surface area contributed by atoms with Gasteiger partial charge in [0.2, 0.25) is 5.89 Å². The van der Waals surface area contributed by atoms with Gasteiger partial charge in [-0.25, -0.2) is 14.4 Å². The molecule has 0 fully saturated rings. The van der Waals surface area contributed by atoms with E-state index >= 15 is 0 Å². The summed E-state index contributed by atoms with van der Waals surface area (Å²) in [6.45, 7) is 0.959. The van der Waals surface area contributed by atoms with Gasteiger partial charge in [0.05, 0.1) is 25.1 Å². The van der Waals surface area contributed by atoms with Crippen LogP contribution in [0.15, 0.2) is 41.0 Å². The molecule has 8 heteroatoms. The summed E-state index contributed by atoms with van der Waals surface area (Å²) >= 11 is 0. The number of hydrogen-bond donors (Lipinski definition) is 2. The number of benzene rings is 1. The normalized spacial score (nSPS) is 13.8. The van der Waals surface area contributed by atoms with Crippen LogP contribution in [0.1, 0.15) is 53.6 Å². The van der Waals surface area contributed by atoms with E-state index in [0.717, 1.165) is 49.4 Å². The average molecular weight is 439 g/mol. The minimum absolute atomic E-state index is 0.0990. The van der Waals surface area contributed by atoms with Crippen molar-refractivity contribution >= 4 is 11.8 Å². The second-order valence-corrected chi connectivity index (χ2v) is 7.92. The summed E-state index contributed by atoms with van der Waals surface area (Å²) in [5.41, 5.74) is 3.50. The fraction of sp³-hybridized carbons (Fsp3) is 0.375. The number of ether oxygens (including phenoxy) is 1. The number of nitrogens with one attached hydrogen (secondary N) is 1. The van der Waals surface area contributed by atoms with Gasteiger partial charge in [-0.3, -0.25) is 4.79 Å². The van der Waals surface area contributed by atoms with Crippen LogP contribution in [0.5, 0.6) is 5.75 Å². The zero-order valence-corrected chi connectivity index (χ0v) is 17.9. The summed E-state index contributed by atoms with van der Waals surface area (Å²) in [7, 11) is 1.38. The maximum atomic E-state index is 14.2. The van der Waals surface area contributed by atoms with E-state index in [1.165, 1.54) is 24.8 Å². The molecule has 0 radical (unpaired) electrons. The van der Waals surface area contributed by atoms with Gasteiger partial charge in [-0.1, -0.05) is 12.1 Å². The Balaban J connectivity index is 1.42. The van der Waals surface area contributed by atoms with Crippen molar-refractivity contribution in [1.82, 2.24) is 9.97 Å². The van der Waals surface area contributed by atoms with E-state index < -0.39 is 17.7 Å². The number of carbonyl (C=O) groups is 1. The summed E-state index contributed by atoms with van der Waals surface area (Å²) in [5.74, 6) is -0.905. The van der Waals surface area contributed by atoms with Crippen LogP contribution in [0.2, 0.25) is 0 Å². The van der Waals surface area contributed by atoms with Gasteiger partial charge in [0.15, 0.2) is 11.6 Å². The number of anilines is 1. The SMILES string of the molecule is COc1ccc([C@@H](CC(=O)O)c2nc(CCCc3ccc4c(n3)NCCC4)co2)cc1F. The van der Waals surface area contributed by atoms with E-state index in [1.54, 1.807) is 12.3 Å². The Kier molecular flexibility index (Phi) is 6.68. The fourth-order valence-corrected chi connectivity index (χ4v) is 3.98. The van der Waals surface area contributed by atoms with Crippen molar-refractivity contribution < 1.29 is 23.4 Å². The van der Waals surface area contributed by atoms with Crippen LogP contribution in [0.4, 0.5) is 10.2 Å². The molecule has 3 aromatic rings. The highest BCUT2D eigenvalue weighted by atomic mass is 19.1. The Morgan fingerprint density at radius 1 is 1.25 bits per heavy atom. The number of aryl methyl sites for hydroxylation is 3. The first-order valence-corrected chi connectivity index (χ1v) is 10.8. The second kappa shape index (κ2) is 9.80. The lowest BCUT2D eigenvalue weighted by Crippen LogP contribution is -2.14. The van der Waals surface area contributed by atoms with Crippen molar-refractivity contribution in [2.75, 3.05) is 19.0 Å². The molecule has 7 nitrogen and oxygen atoms in total. The molecule has 0 unspecified atom stereocenters. The van der Waals surface area contributed by atoms with Gasteiger partial charge in [0.25, 0.3) is 0 Å². The average Bonchev–Trinajstić information content (AvgIpc) is 3.26. The molecule has 2 N–H and O–H groups in total. The number of aromatic nitrogens is 2. The number of hydrogen-bond acceptors (Lipinski definition) is 6. The first-order chi connectivity index (χ1) is 15.5. The van der Waals surface area contributed by atoms with Crippen LogP contribution in [0.3, 0.4) is 0 Å². The Hall–Kier alpha value is -3.42. The molecular weight excluding hydrogens is 413 g/mol. The van der Waals surface area contributed by atoms with Crippen LogP contribution in [0, 0.1) is 5.82 Å². The van der Waals surface area contributed by atoms with E-state index in [4.69, 9.17) is 14.1 Å². The Bertz CT molecular complexity index is 1100. The van der Waals surface area contributed by atoms with Gasteiger partial charge in [-0.15, -0.1) is 0 Å². The zero-order chi connectivity index (χ0) is 22.5. The van der Waals surface area contributed by atoms with E-state index in [1.807, 2.05) is 0 Å². The molecular formula is C24H26FN3O4. The van der Waals surface area contributed by atoms with Gasteiger partial charge in [-0.2, -0.15) is 0 Å². The number of carboxylic acid groups (broad SMARTS) is 1. The molecule has 0 amide bonds. The van der Waals surface area contributed by atoms with Crippen LogP contribution >= 0.6 is 0 Å². The Labute approximate surface area is 185 Å². The second-order valence-electron chi connectivity index (χ2n) is 7.92. The number of carboxylic acids is 1. The van der Waals surface area contributed by atoms with Gasteiger partial charge >= 0.3 is 5.97 Å². The van der Waals surface area contributed by atoms with E-state index in [2.05, 4.69) is 22.4 Å². The van der Waals surface area contributed by atoms with Gasteiger partial charge < -0.3 is 19.6 Å². The molecule has 2 aromatic heterocycles. The molecule has 1 atom stereocenters. The smallest absolute Gasteiger partial charge is 0.304 e. The van der Waals surface area contributed by atoms with Gasteiger partial charge in [0.1, 0.15) is 12.1 Å². The maximum Gasteiger partial charge on any atom is 0.304 e. The summed E-state index contributed by atoms with van der Waals surface area (Å²) in [6, 6.07) is 8.59. The van der Waals surface area contributed by atoms with Gasteiger partial charge in [-0.05, 0) is 61.4 Å². The standard InChI is InChI=1S/C24H26FN3O4/c1-31-21-10-8-16(12-20(21)25)19(13-22(29)30)24-28-18(14-32-24)6-2-5-17-9-7-15-4-3-11-26-23(15)27-17/h7-10,12,14,19H,2-6,11,13H2,1H3,(H,26,27)(H,29,30)/t19-/m1/s1. The first-order valence-electron chi connectivity index (χ1n) is 10.8. The minimum Gasteiger partial charge on any atom is -0.494 e. The third-order valence-corrected chi connectivity index (χ3v) is 5.64. The number of nitrogens with zero attached hydrogens (tertiary/aromatic N) is 2. The monoisotopic (exact) mass is 439 g/mol. The summed E-state index contributed by atoms with van der Waals surface area (Å²) in [4.78, 5) is 20.6. The largest absolute Gasteiger partial charge is 0.494 e. The van der Waals surface area contributed by atoms with Crippen molar-refractivity contribution in [2.24, 2.45) is 0 Å². The minimum atomic E-state index is -1.02. The molecule has 1 aliphatic rings. The van der Waals surface area contributed by atoms with Crippen LogP contribution < -0.4 is 10.1 Å². The summed E-state index contributed by atoms with van der Waals surface area (Å²) < 4.78 is 24.7. The first kappa shape index (κ1) is 21.8. The molecule has 0 aliphatic carbocycles. The molecule has 1 aromatic carbocycles. The number of rotatable bonds is 9. The van der Waals surface area contributed by atoms with Crippen molar-refractivity contribution in [2.45, 2.75) is 44.4 Å². The predicted molar refractivity (Wildman–Crippen MR) is 117 cm³/mol. The molecule has 0 spiro atoms. The van der Waals surface area contributed by atoms with E-state index in [9.17, 15) is 14.3 Å². The molecule has 0 bridgehead atoms. The highest BCUT2D eigenvalue weighted by molar-refractivity contribution is 5.68. The highest BCUT2D eigenvalue weighted by Crippen LogP contribution is 2.31. The van der Waals surface area contributed by atoms with Crippen molar-refractivity contribution in [3.05, 3.63) is 70.8 Å². The molecule has 0 saturated heterocycles. The number of methoxy groups -OCH3 is 1. The Morgan fingerprint density at radius 2 is 2.09 bits per heavy atom. The quantitative estimate of drug-likeness (QED) is 0.511. The summed E-state index contributed by atoms with van der Waals surface area (Å²) in [6.07, 6.45) is 5.80. The molecule has 168 valence electrons. The van der Waals surface area contributed by atoms with Gasteiger partial charge in [0, 0.05) is 12.2 Å². The predicted octanol–water partition coefficient (Wildman–Crippen LogP) is 4.36. The number of aliphatic carboxylic acids is 1. The van der Waals surface area contributed by atoms with Crippen molar-refractivity contribution in [1.29, 1.82) is 0 Å². The maximum absolute atomic E-state index is 14.2. The van der Waals surface area contributed by atoms with Crippen LogP contribution in [0.25, 0.3) is 0 Å². The van der Waals surface area contributed by atoms with Crippen molar-refractivity contribution in [3.63, 3.8) is 0 Å². The third kappa shape index (κ3) is 5.07.